The van der Waals surface area contributed by atoms with E-state index in [9.17, 15) is 4.79 Å². The second-order valence-electron chi connectivity index (χ2n) is 5.70. The van der Waals surface area contributed by atoms with Gasteiger partial charge in [0.2, 0.25) is 0 Å². The maximum atomic E-state index is 11.1. The van der Waals surface area contributed by atoms with Crippen molar-refractivity contribution in [2.45, 2.75) is 20.8 Å². The first-order valence-electron chi connectivity index (χ1n) is 7.77. The van der Waals surface area contributed by atoms with E-state index in [0.717, 1.165) is 16.9 Å². The summed E-state index contributed by atoms with van der Waals surface area (Å²) in [6, 6.07) is 6.79. The van der Waals surface area contributed by atoms with E-state index in [2.05, 4.69) is 6.07 Å². The Balaban J connectivity index is 2.04. The van der Waals surface area contributed by atoms with Crippen LogP contribution in [0.3, 0.4) is 0 Å². The topological polar surface area (TPSA) is 65.0 Å². The zero-order chi connectivity index (χ0) is 18.6. The highest BCUT2D eigenvalue weighted by molar-refractivity contribution is 6.32. The van der Waals surface area contributed by atoms with Gasteiger partial charge in [-0.15, -0.1) is 0 Å². The van der Waals surface area contributed by atoms with Crippen LogP contribution < -0.4 is 14.2 Å². The summed E-state index contributed by atoms with van der Waals surface area (Å²) in [6.07, 6.45) is 0. The molecule has 0 aliphatic rings. The van der Waals surface area contributed by atoms with Gasteiger partial charge in [-0.05, 0) is 55.7 Å². The Kier molecular flexibility index (Phi) is 6.15. The number of hydrogen-bond donors (Lipinski definition) is 1. The first-order chi connectivity index (χ1) is 11.8. The molecule has 2 aromatic rings. The van der Waals surface area contributed by atoms with Gasteiger partial charge in [-0.25, -0.2) is 4.79 Å². The average Bonchev–Trinajstić information content (AvgIpc) is 2.56. The molecule has 0 saturated carbocycles. The molecule has 6 heteroatoms. The largest absolute Gasteiger partial charge is 0.493 e. The molecule has 2 aromatic carbocycles. The van der Waals surface area contributed by atoms with Gasteiger partial charge in [0.1, 0.15) is 19.0 Å². The Hall–Kier alpha value is -2.40. The molecular formula is C19H21ClO5. The lowest BCUT2D eigenvalue weighted by Gasteiger charge is -2.15. The van der Waals surface area contributed by atoms with Crippen LogP contribution in [0.25, 0.3) is 0 Å². The van der Waals surface area contributed by atoms with Crippen LogP contribution in [0, 0.1) is 20.8 Å². The smallest absolute Gasteiger partial charge is 0.335 e. The standard InChI is InChI=1S/C19H21ClO5/c1-11-7-12(2)13(3)16(8-11)24-5-6-25-18-15(20)9-14(19(21)22)10-17(18)23-4/h7-10H,5-6H2,1-4H3,(H,21,22). The third-order valence-electron chi connectivity index (χ3n) is 3.83. The zero-order valence-electron chi connectivity index (χ0n) is 14.7. The van der Waals surface area contributed by atoms with E-state index in [0.29, 0.717) is 12.4 Å². The molecular weight excluding hydrogens is 344 g/mol. The molecule has 0 aromatic heterocycles. The molecule has 0 amide bonds. The number of hydrogen-bond acceptors (Lipinski definition) is 4. The van der Waals surface area contributed by atoms with Crippen molar-refractivity contribution in [1.82, 2.24) is 0 Å². The Morgan fingerprint density at radius 3 is 2.36 bits per heavy atom. The molecule has 0 radical (unpaired) electrons. The maximum Gasteiger partial charge on any atom is 0.335 e. The Morgan fingerprint density at radius 1 is 1.04 bits per heavy atom. The van der Waals surface area contributed by atoms with Crippen LogP contribution in [0.2, 0.25) is 5.02 Å². The van der Waals surface area contributed by atoms with Gasteiger partial charge in [-0.2, -0.15) is 0 Å². The molecule has 0 aliphatic heterocycles. The van der Waals surface area contributed by atoms with E-state index in [1.165, 1.54) is 24.8 Å². The monoisotopic (exact) mass is 364 g/mol. The van der Waals surface area contributed by atoms with Crippen molar-refractivity contribution in [2.24, 2.45) is 0 Å². The third-order valence-corrected chi connectivity index (χ3v) is 4.11. The molecule has 0 saturated heterocycles. The normalized spacial score (nSPS) is 10.4. The van der Waals surface area contributed by atoms with Crippen LogP contribution in [0.5, 0.6) is 17.2 Å². The number of carbonyl (C=O) groups is 1. The second-order valence-corrected chi connectivity index (χ2v) is 6.10. The molecule has 134 valence electrons. The number of carboxylic acids is 1. The number of halogens is 1. The van der Waals surface area contributed by atoms with Crippen molar-refractivity contribution >= 4 is 17.6 Å². The van der Waals surface area contributed by atoms with E-state index in [1.54, 1.807) is 0 Å². The van der Waals surface area contributed by atoms with Gasteiger partial charge in [0.25, 0.3) is 0 Å². The van der Waals surface area contributed by atoms with Crippen LogP contribution in [-0.2, 0) is 0 Å². The van der Waals surface area contributed by atoms with Gasteiger partial charge in [-0.3, -0.25) is 0 Å². The van der Waals surface area contributed by atoms with E-state index >= 15 is 0 Å². The maximum absolute atomic E-state index is 11.1. The number of methoxy groups -OCH3 is 1. The highest BCUT2D eigenvalue weighted by atomic mass is 35.5. The van der Waals surface area contributed by atoms with Crippen LogP contribution >= 0.6 is 11.6 Å². The molecule has 5 nitrogen and oxygen atoms in total. The van der Waals surface area contributed by atoms with Gasteiger partial charge >= 0.3 is 5.97 Å². The number of carboxylic acid groups (broad SMARTS) is 1. The zero-order valence-corrected chi connectivity index (χ0v) is 15.4. The Labute approximate surface area is 152 Å². The number of benzene rings is 2. The van der Waals surface area contributed by atoms with Gasteiger partial charge in [-0.1, -0.05) is 17.7 Å². The summed E-state index contributed by atoms with van der Waals surface area (Å²) >= 11 is 6.11. The predicted molar refractivity (Wildman–Crippen MR) is 96.6 cm³/mol. The fourth-order valence-corrected chi connectivity index (χ4v) is 2.69. The first kappa shape index (κ1) is 18.9. The summed E-state index contributed by atoms with van der Waals surface area (Å²) in [6.45, 7) is 6.64. The minimum atomic E-state index is -1.08. The molecule has 0 atom stereocenters. The quantitative estimate of drug-likeness (QED) is 0.736. The van der Waals surface area contributed by atoms with Crippen molar-refractivity contribution in [3.05, 3.63) is 51.5 Å². The van der Waals surface area contributed by atoms with Crippen LogP contribution in [0.1, 0.15) is 27.0 Å². The number of aryl methyl sites for hydroxylation is 2. The molecule has 1 N–H and O–H groups in total. The minimum absolute atomic E-state index is 0.0383. The molecule has 0 aliphatic carbocycles. The summed E-state index contributed by atoms with van der Waals surface area (Å²) in [4.78, 5) is 11.1. The van der Waals surface area contributed by atoms with Gasteiger partial charge in [0.15, 0.2) is 11.5 Å². The average molecular weight is 365 g/mol. The van der Waals surface area contributed by atoms with Crippen LogP contribution in [0.4, 0.5) is 0 Å². The summed E-state index contributed by atoms with van der Waals surface area (Å²) in [7, 11) is 1.43. The fourth-order valence-electron chi connectivity index (χ4n) is 2.43. The van der Waals surface area contributed by atoms with Crippen molar-refractivity contribution < 1.29 is 24.1 Å². The Bertz CT molecular complexity index is 786. The van der Waals surface area contributed by atoms with Crippen LogP contribution in [0.15, 0.2) is 24.3 Å². The van der Waals surface area contributed by atoms with E-state index in [-0.39, 0.29) is 22.9 Å². The first-order valence-corrected chi connectivity index (χ1v) is 8.15. The number of ether oxygens (including phenoxy) is 3. The van der Waals surface area contributed by atoms with Crippen molar-refractivity contribution in [3.8, 4) is 17.2 Å². The molecule has 0 spiro atoms. The Morgan fingerprint density at radius 2 is 1.72 bits per heavy atom. The van der Waals surface area contributed by atoms with Crippen molar-refractivity contribution in [1.29, 1.82) is 0 Å². The van der Waals surface area contributed by atoms with Gasteiger partial charge < -0.3 is 19.3 Å². The summed E-state index contributed by atoms with van der Waals surface area (Å²) in [5.41, 5.74) is 3.43. The second kappa shape index (κ2) is 8.12. The fraction of sp³-hybridized carbons (Fsp3) is 0.316. The van der Waals surface area contributed by atoms with Crippen molar-refractivity contribution in [3.63, 3.8) is 0 Å². The number of aromatic carboxylic acids is 1. The summed E-state index contributed by atoms with van der Waals surface area (Å²) < 4.78 is 16.6. The SMILES string of the molecule is COc1cc(C(=O)O)cc(Cl)c1OCCOc1cc(C)cc(C)c1C. The van der Waals surface area contributed by atoms with Crippen molar-refractivity contribution in [2.75, 3.05) is 20.3 Å². The van der Waals surface area contributed by atoms with Crippen LogP contribution in [-0.4, -0.2) is 31.4 Å². The molecule has 0 heterocycles. The predicted octanol–water partition coefficient (Wildman–Crippen LogP) is 4.43. The van der Waals surface area contributed by atoms with Gasteiger partial charge in [0, 0.05) is 0 Å². The summed E-state index contributed by atoms with van der Waals surface area (Å²) in [5, 5.41) is 9.24. The molecule has 0 bridgehead atoms. The highest BCUT2D eigenvalue weighted by Gasteiger charge is 2.15. The molecule has 2 rings (SSSR count). The molecule has 0 unspecified atom stereocenters. The third kappa shape index (κ3) is 4.57. The minimum Gasteiger partial charge on any atom is -0.493 e. The summed E-state index contributed by atoms with van der Waals surface area (Å²) in [5.74, 6) is 0.308. The van der Waals surface area contributed by atoms with E-state index < -0.39 is 5.97 Å². The molecule has 0 fully saturated rings. The number of rotatable bonds is 7. The van der Waals surface area contributed by atoms with E-state index in [4.69, 9.17) is 30.9 Å². The highest BCUT2D eigenvalue weighted by Crippen LogP contribution is 2.36. The lowest BCUT2D eigenvalue weighted by molar-refractivity contribution is 0.0696. The lowest BCUT2D eigenvalue weighted by atomic mass is 10.1. The van der Waals surface area contributed by atoms with Gasteiger partial charge in [0.05, 0.1) is 17.7 Å². The molecule has 25 heavy (non-hydrogen) atoms. The van der Waals surface area contributed by atoms with E-state index in [1.807, 2.05) is 26.8 Å². The lowest BCUT2D eigenvalue weighted by Crippen LogP contribution is -2.11.